The van der Waals surface area contributed by atoms with Crippen LogP contribution in [0.5, 0.6) is 0 Å². The zero-order chi connectivity index (χ0) is 14.4. The first-order valence-corrected chi connectivity index (χ1v) is 7.52. The highest BCUT2D eigenvalue weighted by Crippen LogP contribution is 2.27. The molecule has 0 aliphatic rings. The van der Waals surface area contributed by atoms with Gasteiger partial charge in [0.15, 0.2) is 4.77 Å². The fourth-order valence-electron chi connectivity index (χ4n) is 1.98. The summed E-state index contributed by atoms with van der Waals surface area (Å²) in [6.45, 7) is 0. The third-order valence-corrected chi connectivity index (χ3v) is 4.42. The Balaban J connectivity index is 2.35. The first-order chi connectivity index (χ1) is 9.47. The maximum absolute atomic E-state index is 13.7. The standard InChI is InChI=1S/C13H6Br2F2N2S/c14-7-2-1-6(3-9(7)16)19-12-4-8(15)10(17)5-11(12)18-13(19)20/h1-5H,(H,18,20). The summed E-state index contributed by atoms with van der Waals surface area (Å²) in [4.78, 5) is 2.91. The van der Waals surface area contributed by atoms with E-state index in [-0.39, 0.29) is 11.6 Å². The molecule has 20 heavy (non-hydrogen) atoms. The Morgan fingerprint density at radius 3 is 2.40 bits per heavy atom. The minimum atomic E-state index is -0.389. The number of aromatic nitrogens is 2. The fraction of sp³-hybridized carbons (Fsp3) is 0. The molecule has 0 saturated heterocycles. The van der Waals surface area contributed by atoms with E-state index in [9.17, 15) is 8.78 Å². The molecular weight excluding hydrogens is 414 g/mol. The number of rotatable bonds is 1. The van der Waals surface area contributed by atoms with E-state index in [1.807, 2.05) is 0 Å². The lowest BCUT2D eigenvalue weighted by molar-refractivity contribution is 0.619. The third-order valence-electron chi connectivity index (χ3n) is 2.89. The van der Waals surface area contributed by atoms with Gasteiger partial charge in [0.25, 0.3) is 0 Å². The van der Waals surface area contributed by atoms with Gasteiger partial charge < -0.3 is 4.98 Å². The molecule has 0 fully saturated rings. The topological polar surface area (TPSA) is 20.7 Å². The molecular formula is C13H6Br2F2N2S. The summed E-state index contributed by atoms with van der Waals surface area (Å²) in [6.07, 6.45) is 0. The summed E-state index contributed by atoms with van der Waals surface area (Å²) >= 11 is 11.5. The molecule has 0 saturated carbocycles. The number of halogens is 4. The lowest BCUT2D eigenvalue weighted by Crippen LogP contribution is -1.95. The van der Waals surface area contributed by atoms with Gasteiger partial charge in [-0.15, -0.1) is 0 Å². The molecule has 1 N–H and O–H groups in total. The number of aromatic amines is 1. The van der Waals surface area contributed by atoms with Gasteiger partial charge in [0.05, 0.1) is 25.7 Å². The summed E-state index contributed by atoms with van der Waals surface area (Å²) in [5, 5.41) is 0. The molecule has 7 heteroatoms. The molecule has 0 radical (unpaired) electrons. The van der Waals surface area contributed by atoms with Crippen molar-refractivity contribution in [1.82, 2.24) is 9.55 Å². The van der Waals surface area contributed by atoms with Gasteiger partial charge >= 0.3 is 0 Å². The summed E-state index contributed by atoms with van der Waals surface area (Å²) in [5.74, 6) is -0.775. The van der Waals surface area contributed by atoms with Crippen LogP contribution in [0.2, 0.25) is 0 Å². The monoisotopic (exact) mass is 418 g/mol. The smallest absolute Gasteiger partial charge is 0.182 e. The second-order valence-electron chi connectivity index (χ2n) is 4.15. The number of fused-ring (bicyclic) bond motifs is 1. The lowest BCUT2D eigenvalue weighted by atomic mass is 10.2. The molecule has 0 aliphatic heterocycles. The van der Waals surface area contributed by atoms with Gasteiger partial charge in [-0.05, 0) is 68.3 Å². The number of hydrogen-bond acceptors (Lipinski definition) is 1. The van der Waals surface area contributed by atoms with Gasteiger partial charge in [-0.25, -0.2) is 8.78 Å². The quantitative estimate of drug-likeness (QED) is 0.517. The molecule has 0 unspecified atom stereocenters. The highest BCUT2D eigenvalue weighted by atomic mass is 79.9. The van der Waals surface area contributed by atoms with Crippen molar-refractivity contribution in [3.05, 3.63) is 55.7 Å². The Bertz CT molecular complexity index is 886. The Morgan fingerprint density at radius 2 is 1.70 bits per heavy atom. The van der Waals surface area contributed by atoms with Crippen LogP contribution in [0.15, 0.2) is 39.3 Å². The Labute approximate surface area is 134 Å². The lowest BCUT2D eigenvalue weighted by Gasteiger charge is -2.06. The van der Waals surface area contributed by atoms with E-state index in [0.717, 1.165) is 0 Å². The number of nitrogens with zero attached hydrogens (tertiary/aromatic N) is 1. The Kier molecular flexibility index (Phi) is 3.51. The Hall–Kier alpha value is -1.05. The molecule has 0 aliphatic carbocycles. The van der Waals surface area contributed by atoms with Crippen molar-refractivity contribution in [3.8, 4) is 5.69 Å². The first-order valence-electron chi connectivity index (χ1n) is 5.52. The summed E-state index contributed by atoms with van der Waals surface area (Å²) in [6, 6.07) is 7.65. The molecule has 0 amide bonds. The van der Waals surface area contributed by atoms with Crippen molar-refractivity contribution in [1.29, 1.82) is 0 Å². The number of hydrogen-bond donors (Lipinski definition) is 1. The largest absolute Gasteiger partial charge is 0.330 e. The van der Waals surface area contributed by atoms with E-state index < -0.39 is 0 Å². The van der Waals surface area contributed by atoms with Crippen LogP contribution in [0.25, 0.3) is 16.7 Å². The van der Waals surface area contributed by atoms with Crippen LogP contribution < -0.4 is 0 Å². The zero-order valence-electron chi connectivity index (χ0n) is 9.75. The van der Waals surface area contributed by atoms with E-state index in [0.29, 0.717) is 30.4 Å². The number of benzene rings is 2. The van der Waals surface area contributed by atoms with Crippen molar-refractivity contribution in [2.45, 2.75) is 0 Å². The third kappa shape index (κ3) is 2.23. The van der Waals surface area contributed by atoms with Gasteiger partial charge in [-0.3, -0.25) is 4.57 Å². The molecule has 3 aromatic rings. The molecule has 0 spiro atoms. The number of imidazole rings is 1. The summed E-state index contributed by atoms with van der Waals surface area (Å²) in [7, 11) is 0. The van der Waals surface area contributed by atoms with E-state index in [2.05, 4.69) is 36.8 Å². The average Bonchev–Trinajstić information content (AvgIpc) is 2.69. The molecule has 0 atom stereocenters. The number of nitrogens with one attached hydrogen (secondary N) is 1. The predicted molar refractivity (Wildman–Crippen MR) is 83.8 cm³/mol. The second kappa shape index (κ2) is 5.05. The van der Waals surface area contributed by atoms with Gasteiger partial charge in [-0.2, -0.15) is 0 Å². The van der Waals surface area contributed by atoms with E-state index in [1.165, 1.54) is 12.1 Å². The molecule has 0 bridgehead atoms. The van der Waals surface area contributed by atoms with E-state index in [1.54, 1.807) is 22.8 Å². The van der Waals surface area contributed by atoms with Crippen LogP contribution in [0.4, 0.5) is 8.78 Å². The highest BCUT2D eigenvalue weighted by Gasteiger charge is 2.11. The maximum Gasteiger partial charge on any atom is 0.182 e. The van der Waals surface area contributed by atoms with Crippen LogP contribution in [0.3, 0.4) is 0 Å². The van der Waals surface area contributed by atoms with Gasteiger partial charge in [0.2, 0.25) is 0 Å². The maximum atomic E-state index is 13.7. The second-order valence-corrected chi connectivity index (χ2v) is 6.24. The molecule has 2 aromatic carbocycles. The Morgan fingerprint density at radius 1 is 1.00 bits per heavy atom. The van der Waals surface area contributed by atoms with Crippen LogP contribution >= 0.6 is 44.1 Å². The van der Waals surface area contributed by atoms with Gasteiger partial charge in [0, 0.05) is 6.07 Å². The van der Waals surface area contributed by atoms with E-state index >= 15 is 0 Å². The first kappa shape index (κ1) is 13.9. The zero-order valence-corrected chi connectivity index (χ0v) is 13.7. The minimum absolute atomic E-state index is 0.324. The van der Waals surface area contributed by atoms with Crippen molar-refractivity contribution in [2.24, 2.45) is 0 Å². The molecule has 102 valence electrons. The van der Waals surface area contributed by atoms with Gasteiger partial charge in [-0.1, -0.05) is 0 Å². The van der Waals surface area contributed by atoms with E-state index in [4.69, 9.17) is 12.2 Å². The predicted octanol–water partition coefficient (Wildman–Crippen LogP) is 5.49. The van der Waals surface area contributed by atoms with Crippen molar-refractivity contribution < 1.29 is 8.78 Å². The number of H-pyrrole nitrogens is 1. The molecule has 1 heterocycles. The summed E-state index contributed by atoms with van der Waals surface area (Å²) < 4.78 is 29.9. The van der Waals surface area contributed by atoms with Crippen LogP contribution in [0, 0.1) is 16.4 Å². The normalized spacial score (nSPS) is 11.2. The van der Waals surface area contributed by atoms with Crippen LogP contribution in [0.1, 0.15) is 0 Å². The average molecular weight is 420 g/mol. The van der Waals surface area contributed by atoms with Crippen molar-refractivity contribution >= 4 is 55.1 Å². The summed E-state index contributed by atoms with van der Waals surface area (Å²) in [5.41, 5.74) is 1.80. The minimum Gasteiger partial charge on any atom is -0.330 e. The highest BCUT2D eigenvalue weighted by molar-refractivity contribution is 9.10. The van der Waals surface area contributed by atoms with Gasteiger partial charge in [0.1, 0.15) is 11.6 Å². The fourth-order valence-corrected chi connectivity index (χ4v) is 2.87. The molecule has 3 rings (SSSR count). The molecule has 2 nitrogen and oxygen atoms in total. The SMILES string of the molecule is Fc1cc(-n2c(=S)[nH]c3cc(F)c(Br)cc32)ccc1Br. The van der Waals surface area contributed by atoms with Crippen LogP contribution in [-0.4, -0.2) is 9.55 Å². The molecule has 1 aromatic heterocycles. The van der Waals surface area contributed by atoms with Crippen molar-refractivity contribution in [2.75, 3.05) is 0 Å². The van der Waals surface area contributed by atoms with Crippen molar-refractivity contribution in [3.63, 3.8) is 0 Å². The van der Waals surface area contributed by atoms with Crippen LogP contribution in [-0.2, 0) is 0 Å².